The van der Waals surface area contributed by atoms with Crippen LogP contribution in [0.3, 0.4) is 0 Å². The first-order chi connectivity index (χ1) is 16.6. The van der Waals surface area contributed by atoms with E-state index in [1.165, 1.54) is 0 Å². The van der Waals surface area contributed by atoms with E-state index in [0.717, 1.165) is 23.3 Å². The fraction of sp³-hybridized carbons (Fsp3) is 0.308. The second-order valence-corrected chi connectivity index (χ2v) is 9.24. The number of carbonyl (C=O) groups is 2. The number of rotatable bonds is 10. The number of nitrogens with zero attached hydrogens (tertiary/aromatic N) is 2. The van der Waals surface area contributed by atoms with Crippen molar-refractivity contribution in [1.82, 2.24) is 9.80 Å². The molecule has 8 heteroatoms. The van der Waals surface area contributed by atoms with E-state index in [9.17, 15) is 9.59 Å². The summed E-state index contributed by atoms with van der Waals surface area (Å²) in [5.41, 5.74) is 1.61. The monoisotopic (exact) mass is 479 g/mol. The second-order valence-electron chi connectivity index (χ2n) is 8.21. The van der Waals surface area contributed by atoms with Crippen molar-refractivity contribution in [2.45, 2.75) is 32.0 Å². The van der Waals surface area contributed by atoms with Crippen LogP contribution in [-0.2, 0) is 17.9 Å². The molecular weight excluding hydrogens is 450 g/mol. The van der Waals surface area contributed by atoms with Crippen LogP contribution >= 0.6 is 11.3 Å². The van der Waals surface area contributed by atoms with Gasteiger partial charge in [-0.1, -0.05) is 36.4 Å². The number of carbonyl (C=O) groups excluding carboxylic acids is 2. The van der Waals surface area contributed by atoms with Gasteiger partial charge >= 0.3 is 6.03 Å². The Morgan fingerprint density at radius 3 is 2.26 bits per heavy atom. The van der Waals surface area contributed by atoms with Crippen molar-refractivity contribution in [3.05, 3.63) is 76.5 Å². The van der Waals surface area contributed by atoms with Crippen molar-refractivity contribution in [3.63, 3.8) is 0 Å². The van der Waals surface area contributed by atoms with Crippen LogP contribution in [0.15, 0.2) is 66.0 Å². The van der Waals surface area contributed by atoms with E-state index in [4.69, 9.17) is 9.47 Å². The van der Waals surface area contributed by atoms with Crippen molar-refractivity contribution in [2.75, 3.05) is 26.1 Å². The highest BCUT2D eigenvalue weighted by molar-refractivity contribution is 7.09. The van der Waals surface area contributed by atoms with Crippen LogP contribution in [-0.4, -0.2) is 48.5 Å². The lowest BCUT2D eigenvalue weighted by molar-refractivity contribution is -0.133. The van der Waals surface area contributed by atoms with E-state index in [2.05, 4.69) is 5.32 Å². The molecule has 4 rings (SSSR count). The molecule has 0 spiro atoms. The zero-order valence-corrected chi connectivity index (χ0v) is 20.2. The molecule has 3 amide bonds. The lowest BCUT2D eigenvalue weighted by atomic mass is 10.2. The number of methoxy groups -OCH3 is 2. The van der Waals surface area contributed by atoms with E-state index in [-0.39, 0.29) is 24.5 Å². The highest BCUT2D eigenvalue weighted by atomic mass is 32.1. The lowest BCUT2D eigenvalue weighted by Crippen LogP contribution is -2.45. The summed E-state index contributed by atoms with van der Waals surface area (Å²) in [6.07, 6.45) is 1.79. The van der Waals surface area contributed by atoms with Gasteiger partial charge in [0.05, 0.1) is 20.8 Å². The second kappa shape index (κ2) is 11.1. The van der Waals surface area contributed by atoms with Crippen molar-refractivity contribution in [3.8, 4) is 11.5 Å². The predicted molar refractivity (Wildman–Crippen MR) is 133 cm³/mol. The Balaban J connectivity index is 1.48. The Morgan fingerprint density at radius 1 is 0.971 bits per heavy atom. The average molecular weight is 480 g/mol. The molecule has 1 aromatic heterocycles. The third-order valence-electron chi connectivity index (χ3n) is 5.65. The standard InChI is InChI=1S/C26H29N3O4S/c1-32-22-13-20(14-23(15-22)33-2)27-26(31)29(21-10-11-21)18-25(30)28(17-24-9-6-12-34-24)16-19-7-4-3-5-8-19/h3-9,12-15,21H,10-11,16-18H2,1-2H3,(H,27,31). The number of benzene rings is 2. The molecule has 1 aliphatic carbocycles. The van der Waals surface area contributed by atoms with Gasteiger partial charge in [-0.3, -0.25) is 4.79 Å². The first-order valence-electron chi connectivity index (χ1n) is 11.2. The van der Waals surface area contributed by atoms with E-state index >= 15 is 0 Å². The summed E-state index contributed by atoms with van der Waals surface area (Å²) in [6.45, 7) is 1.03. The summed E-state index contributed by atoms with van der Waals surface area (Å²) in [5.74, 6) is 1.07. The third kappa shape index (κ3) is 6.29. The Labute approximate surface area is 203 Å². The zero-order valence-electron chi connectivity index (χ0n) is 19.4. The van der Waals surface area contributed by atoms with E-state index in [0.29, 0.717) is 30.3 Å². The summed E-state index contributed by atoms with van der Waals surface area (Å²) >= 11 is 1.62. The SMILES string of the molecule is COc1cc(NC(=O)N(CC(=O)N(Cc2ccccc2)Cc2cccs2)C2CC2)cc(OC)c1. The Hall–Kier alpha value is -3.52. The maximum Gasteiger partial charge on any atom is 0.322 e. The van der Waals surface area contributed by atoms with Crippen molar-refractivity contribution in [1.29, 1.82) is 0 Å². The van der Waals surface area contributed by atoms with Gasteiger partial charge in [-0.15, -0.1) is 11.3 Å². The summed E-state index contributed by atoms with van der Waals surface area (Å²) in [5, 5.41) is 4.92. The molecule has 1 fully saturated rings. The maximum absolute atomic E-state index is 13.4. The van der Waals surface area contributed by atoms with E-state index in [1.807, 2.05) is 52.7 Å². The number of nitrogens with one attached hydrogen (secondary N) is 1. The molecule has 1 saturated carbocycles. The number of ether oxygens (including phenoxy) is 2. The topological polar surface area (TPSA) is 71.1 Å². The summed E-state index contributed by atoms with van der Waals surface area (Å²) < 4.78 is 10.6. The fourth-order valence-electron chi connectivity index (χ4n) is 3.70. The number of thiophene rings is 1. The van der Waals surface area contributed by atoms with Crippen LogP contribution in [0.4, 0.5) is 10.5 Å². The Morgan fingerprint density at radius 2 is 1.68 bits per heavy atom. The first-order valence-corrected chi connectivity index (χ1v) is 12.1. The number of anilines is 1. The van der Waals surface area contributed by atoms with Crippen LogP contribution in [0, 0.1) is 0 Å². The van der Waals surface area contributed by atoms with Crippen molar-refractivity contribution in [2.24, 2.45) is 0 Å². The van der Waals surface area contributed by atoms with Gasteiger partial charge in [-0.05, 0) is 29.9 Å². The van der Waals surface area contributed by atoms with Crippen molar-refractivity contribution >= 4 is 29.0 Å². The van der Waals surface area contributed by atoms with Crippen LogP contribution in [0.25, 0.3) is 0 Å². The minimum atomic E-state index is -0.304. The molecule has 1 aliphatic rings. The van der Waals surface area contributed by atoms with Crippen LogP contribution in [0.5, 0.6) is 11.5 Å². The normalized spacial score (nSPS) is 12.6. The highest BCUT2D eigenvalue weighted by Crippen LogP contribution is 2.30. The van der Waals surface area contributed by atoms with Crippen LogP contribution in [0.1, 0.15) is 23.3 Å². The molecular formula is C26H29N3O4S. The number of hydrogen-bond donors (Lipinski definition) is 1. The van der Waals surface area contributed by atoms with Gasteiger partial charge in [-0.25, -0.2) is 4.79 Å². The van der Waals surface area contributed by atoms with Crippen LogP contribution < -0.4 is 14.8 Å². The van der Waals surface area contributed by atoms with Gasteiger partial charge in [0.2, 0.25) is 5.91 Å². The van der Waals surface area contributed by atoms with E-state index in [1.54, 1.807) is 48.7 Å². The molecule has 0 unspecified atom stereocenters. The minimum absolute atomic E-state index is 0.0236. The lowest BCUT2D eigenvalue weighted by Gasteiger charge is -2.28. The molecule has 0 aliphatic heterocycles. The molecule has 1 N–H and O–H groups in total. The molecule has 3 aromatic rings. The molecule has 0 atom stereocenters. The Kier molecular flexibility index (Phi) is 7.69. The quantitative estimate of drug-likeness (QED) is 0.445. The van der Waals surface area contributed by atoms with Gasteiger partial charge in [0, 0.05) is 41.4 Å². The molecule has 178 valence electrons. The highest BCUT2D eigenvalue weighted by Gasteiger charge is 2.35. The molecule has 7 nitrogen and oxygen atoms in total. The molecule has 0 bridgehead atoms. The third-order valence-corrected chi connectivity index (χ3v) is 6.51. The average Bonchev–Trinajstić information content (AvgIpc) is 3.57. The fourth-order valence-corrected chi connectivity index (χ4v) is 4.42. The van der Waals surface area contributed by atoms with Gasteiger partial charge in [-0.2, -0.15) is 0 Å². The zero-order chi connectivity index (χ0) is 23.9. The van der Waals surface area contributed by atoms with Crippen molar-refractivity contribution < 1.29 is 19.1 Å². The minimum Gasteiger partial charge on any atom is -0.497 e. The number of amides is 3. The van der Waals surface area contributed by atoms with Gasteiger partial charge in [0.25, 0.3) is 0 Å². The van der Waals surface area contributed by atoms with Gasteiger partial charge in [0.1, 0.15) is 18.0 Å². The number of hydrogen-bond acceptors (Lipinski definition) is 5. The number of urea groups is 1. The predicted octanol–water partition coefficient (Wildman–Crippen LogP) is 4.99. The molecule has 34 heavy (non-hydrogen) atoms. The Bertz CT molecular complexity index is 1080. The molecule has 2 aromatic carbocycles. The van der Waals surface area contributed by atoms with Gasteiger partial charge < -0.3 is 24.6 Å². The van der Waals surface area contributed by atoms with Crippen LogP contribution in [0.2, 0.25) is 0 Å². The summed E-state index contributed by atoms with van der Waals surface area (Å²) in [6, 6.07) is 18.9. The summed E-state index contributed by atoms with van der Waals surface area (Å²) in [4.78, 5) is 31.2. The summed E-state index contributed by atoms with van der Waals surface area (Å²) in [7, 11) is 3.12. The molecule has 1 heterocycles. The first kappa shape index (κ1) is 23.6. The molecule has 0 radical (unpaired) electrons. The maximum atomic E-state index is 13.4. The van der Waals surface area contributed by atoms with E-state index < -0.39 is 0 Å². The molecule has 0 saturated heterocycles. The largest absolute Gasteiger partial charge is 0.497 e. The smallest absolute Gasteiger partial charge is 0.322 e. The van der Waals surface area contributed by atoms with Gasteiger partial charge in [0.15, 0.2) is 0 Å².